The van der Waals surface area contributed by atoms with Crippen LogP contribution in [0.4, 0.5) is 0 Å². The molecule has 1 rings (SSSR count). The van der Waals surface area contributed by atoms with Gasteiger partial charge in [0.2, 0.25) is 0 Å². The molecule has 0 heterocycles. The first-order valence-corrected chi connectivity index (χ1v) is 10.5. The van der Waals surface area contributed by atoms with Gasteiger partial charge < -0.3 is 10.2 Å². The van der Waals surface area contributed by atoms with Crippen LogP contribution >= 0.6 is 0 Å². The van der Waals surface area contributed by atoms with Gasteiger partial charge in [-0.15, -0.1) is 0 Å². The van der Waals surface area contributed by atoms with Gasteiger partial charge in [0.1, 0.15) is 0 Å². The summed E-state index contributed by atoms with van der Waals surface area (Å²) in [5, 5.41) is 0. The monoisotopic (exact) mass is 297 g/mol. The van der Waals surface area contributed by atoms with Gasteiger partial charge in [-0.25, -0.2) is 0 Å². The Morgan fingerprint density at radius 2 is 1.65 bits per heavy atom. The van der Waals surface area contributed by atoms with E-state index in [0.717, 1.165) is 18.9 Å². The second kappa shape index (κ2) is 7.12. The highest BCUT2D eigenvalue weighted by Crippen LogP contribution is 2.45. The van der Waals surface area contributed by atoms with Crippen molar-refractivity contribution in [2.75, 3.05) is 6.54 Å². The van der Waals surface area contributed by atoms with Crippen LogP contribution in [0.15, 0.2) is 11.8 Å². The van der Waals surface area contributed by atoms with E-state index in [1.807, 2.05) is 0 Å². The second-order valence-corrected chi connectivity index (χ2v) is 12.9. The van der Waals surface area contributed by atoms with Crippen molar-refractivity contribution in [3.63, 3.8) is 0 Å². The van der Waals surface area contributed by atoms with E-state index in [9.17, 15) is 0 Å². The van der Waals surface area contributed by atoms with Crippen LogP contribution in [-0.2, 0) is 4.43 Å². The fourth-order valence-corrected chi connectivity index (χ4v) is 9.44. The van der Waals surface area contributed by atoms with Gasteiger partial charge in [0.25, 0.3) is 8.32 Å². The number of allylic oxidation sites excluding steroid dienone is 1. The van der Waals surface area contributed by atoms with Gasteiger partial charge in [0, 0.05) is 12.5 Å². The van der Waals surface area contributed by atoms with E-state index in [1.54, 1.807) is 0 Å². The van der Waals surface area contributed by atoms with Gasteiger partial charge in [0.05, 0.1) is 5.76 Å². The molecule has 20 heavy (non-hydrogen) atoms. The maximum atomic E-state index is 6.84. The molecule has 118 valence electrons. The van der Waals surface area contributed by atoms with Gasteiger partial charge in [-0.1, -0.05) is 48.5 Å². The van der Waals surface area contributed by atoms with Gasteiger partial charge in [-0.3, -0.25) is 0 Å². The molecule has 2 nitrogen and oxygen atoms in total. The quantitative estimate of drug-likeness (QED) is 0.695. The average Bonchev–Trinajstić information content (AvgIpc) is 2.35. The minimum absolute atomic E-state index is 0.432. The normalized spacial score (nSPS) is 24.4. The van der Waals surface area contributed by atoms with E-state index in [-0.39, 0.29) is 0 Å². The van der Waals surface area contributed by atoms with Crippen molar-refractivity contribution >= 4 is 8.32 Å². The fraction of sp³-hybridized carbons (Fsp3) is 0.882. The topological polar surface area (TPSA) is 35.2 Å². The Kier molecular flexibility index (Phi) is 6.33. The molecule has 2 N–H and O–H groups in total. The van der Waals surface area contributed by atoms with Crippen LogP contribution in [0, 0.1) is 11.8 Å². The van der Waals surface area contributed by atoms with Crippen LogP contribution in [-0.4, -0.2) is 14.9 Å². The number of nitrogens with two attached hydrogens (primary N) is 1. The molecule has 0 bridgehead atoms. The van der Waals surface area contributed by atoms with Crippen molar-refractivity contribution in [1.29, 1.82) is 0 Å². The summed E-state index contributed by atoms with van der Waals surface area (Å²) < 4.78 is 6.84. The first-order valence-electron chi connectivity index (χ1n) is 8.34. The number of hydrogen-bond acceptors (Lipinski definition) is 2. The molecule has 0 spiro atoms. The second-order valence-electron chi connectivity index (χ2n) is 7.54. The lowest BCUT2D eigenvalue weighted by Gasteiger charge is -2.45. The third kappa shape index (κ3) is 3.48. The predicted molar refractivity (Wildman–Crippen MR) is 91.2 cm³/mol. The van der Waals surface area contributed by atoms with Crippen molar-refractivity contribution in [3.05, 3.63) is 11.8 Å². The van der Waals surface area contributed by atoms with E-state index >= 15 is 0 Å². The predicted octanol–water partition coefficient (Wildman–Crippen LogP) is 5.07. The fourth-order valence-electron chi connectivity index (χ4n) is 4.08. The van der Waals surface area contributed by atoms with Crippen LogP contribution in [0.1, 0.15) is 61.3 Å². The standard InChI is InChI=1S/C17H35NOSi/c1-12(2)20(13(3)4,14(5)6)19-17-9-8-15(7)10-16(17)11-18/h9,12-16H,8,10-11,18H2,1-7H3/t15-,16-/m1/s1. The van der Waals surface area contributed by atoms with Crippen LogP contribution in [0.3, 0.4) is 0 Å². The molecule has 0 saturated heterocycles. The summed E-state index contributed by atoms with van der Waals surface area (Å²) in [5.41, 5.74) is 7.88. The molecule has 3 heteroatoms. The maximum absolute atomic E-state index is 6.84. The molecule has 2 atom stereocenters. The highest BCUT2D eigenvalue weighted by molar-refractivity contribution is 6.77. The smallest absolute Gasteiger partial charge is 0.258 e. The molecule has 0 aromatic heterocycles. The molecule has 0 amide bonds. The Morgan fingerprint density at radius 3 is 2.05 bits per heavy atom. The summed E-state index contributed by atoms with van der Waals surface area (Å²) in [7, 11) is -1.82. The van der Waals surface area contributed by atoms with Crippen LogP contribution < -0.4 is 5.73 Å². The Labute approximate surface area is 127 Å². The molecule has 0 aromatic rings. The lowest BCUT2D eigenvalue weighted by Crippen LogP contribution is -2.48. The number of hydrogen-bond donors (Lipinski definition) is 1. The summed E-state index contributed by atoms with van der Waals surface area (Å²) in [6, 6.07) is 0. The van der Waals surface area contributed by atoms with Gasteiger partial charge >= 0.3 is 0 Å². The largest absolute Gasteiger partial charge is 0.546 e. The van der Waals surface area contributed by atoms with Gasteiger partial charge in [-0.05, 0) is 41.5 Å². The van der Waals surface area contributed by atoms with E-state index in [2.05, 4.69) is 54.5 Å². The SMILES string of the molecule is CC(C)[Si](OC1=CC[C@@H](C)C[C@@H]1CN)(C(C)C)C(C)C. The number of rotatable bonds is 6. The van der Waals surface area contributed by atoms with Crippen molar-refractivity contribution in [3.8, 4) is 0 Å². The first-order chi connectivity index (χ1) is 9.25. The molecule has 0 aromatic carbocycles. The summed E-state index contributed by atoms with van der Waals surface area (Å²) in [5.74, 6) is 2.39. The van der Waals surface area contributed by atoms with Crippen molar-refractivity contribution in [2.24, 2.45) is 17.6 Å². The first kappa shape index (κ1) is 17.8. The average molecular weight is 298 g/mol. The summed E-state index contributed by atoms with van der Waals surface area (Å²) in [6.45, 7) is 17.1. The van der Waals surface area contributed by atoms with Crippen molar-refractivity contribution < 1.29 is 4.43 Å². The van der Waals surface area contributed by atoms with Crippen LogP contribution in [0.25, 0.3) is 0 Å². The summed E-state index contributed by atoms with van der Waals surface area (Å²) >= 11 is 0. The van der Waals surface area contributed by atoms with Crippen LogP contribution in [0.5, 0.6) is 0 Å². The Balaban J connectivity index is 3.06. The van der Waals surface area contributed by atoms with E-state index in [0.29, 0.717) is 22.5 Å². The zero-order chi connectivity index (χ0) is 15.5. The van der Waals surface area contributed by atoms with E-state index in [1.165, 1.54) is 12.2 Å². The molecule has 0 radical (unpaired) electrons. The Bertz CT molecular complexity index is 314. The lowest BCUT2D eigenvalue weighted by molar-refractivity contribution is 0.266. The Hall–Kier alpha value is -0.283. The third-order valence-corrected chi connectivity index (χ3v) is 11.1. The van der Waals surface area contributed by atoms with E-state index < -0.39 is 8.32 Å². The minimum atomic E-state index is -1.82. The molecule has 0 unspecified atom stereocenters. The molecule has 0 fully saturated rings. The van der Waals surface area contributed by atoms with Gasteiger partial charge in [-0.2, -0.15) is 0 Å². The Morgan fingerprint density at radius 1 is 1.15 bits per heavy atom. The molecular weight excluding hydrogens is 262 g/mol. The van der Waals surface area contributed by atoms with Gasteiger partial charge in [0.15, 0.2) is 0 Å². The minimum Gasteiger partial charge on any atom is -0.546 e. The zero-order valence-electron chi connectivity index (χ0n) is 14.6. The third-order valence-electron chi connectivity index (χ3n) is 5.10. The van der Waals surface area contributed by atoms with E-state index in [4.69, 9.17) is 10.2 Å². The highest BCUT2D eigenvalue weighted by atomic mass is 28.4. The van der Waals surface area contributed by atoms with Crippen LogP contribution in [0.2, 0.25) is 16.6 Å². The molecule has 0 saturated carbocycles. The molecule has 0 aliphatic heterocycles. The lowest BCUT2D eigenvalue weighted by atomic mass is 9.86. The molecule has 1 aliphatic rings. The maximum Gasteiger partial charge on any atom is 0.258 e. The highest BCUT2D eigenvalue weighted by Gasteiger charge is 2.48. The molecular formula is C17H35NOSi. The van der Waals surface area contributed by atoms with Crippen molar-refractivity contribution in [2.45, 2.75) is 77.9 Å². The summed E-state index contributed by atoms with van der Waals surface area (Å²) in [4.78, 5) is 0. The molecule has 1 aliphatic carbocycles. The van der Waals surface area contributed by atoms with Crippen molar-refractivity contribution in [1.82, 2.24) is 0 Å². The zero-order valence-corrected chi connectivity index (χ0v) is 15.6. The summed E-state index contributed by atoms with van der Waals surface area (Å²) in [6.07, 6.45) is 4.66.